The zero-order valence-electron chi connectivity index (χ0n) is 7.49. The molecule has 0 heterocycles. The maximum absolute atomic E-state index is 10.9. The standard InChI is InChI=1S/C6H10O8S/c7-1-2-15(12,13)14-4(6(10)11)3-5(8)9/h4,7H,1-3H2,(H,8,9)(H,10,11). The summed E-state index contributed by atoms with van der Waals surface area (Å²) < 4.78 is 25.9. The fourth-order valence-corrected chi connectivity index (χ4v) is 1.48. The summed E-state index contributed by atoms with van der Waals surface area (Å²) in [5, 5.41) is 25.0. The van der Waals surface area contributed by atoms with Crippen LogP contribution in [0.4, 0.5) is 0 Å². The topological polar surface area (TPSA) is 138 Å². The third kappa shape index (κ3) is 5.99. The molecule has 0 saturated carbocycles. The Morgan fingerprint density at radius 3 is 2.13 bits per heavy atom. The van der Waals surface area contributed by atoms with Crippen molar-refractivity contribution in [2.45, 2.75) is 12.5 Å². The monoisotopic (exact) mass is 242 g/mol. The van der Waals surface area contributed by atoms with Gasteiger partial charge in [0.2, 0.25) is 0 Å². The van der Waals surface area contributed by atoms with Gasteiger partial charge in [0.05, 0.1) is 18.8 Å². The van der Waals surface area contributed by atoms with Gasteiger partial charge in [0.15, 0.2) is 6.10 Å². The molecule has 9 heteroatoms. The second-order valence-electron chi connectivity index (χ2n) is 2.51. The van der Waals surface area contributed by atoms with Crippen LogP contribution in [0.2, 0.25) is 0 Å². The molecule has 3 N–H and O–H groups in total. The summed E-state index contributed by atoms with van der Waals surface area (Å²) in [5.41, 5.74) is 0. The van der Waals surface area contributed by atoms with E-state index >= 15 is 0 Å². The van der Waals surface area contributed by atoms with Crippen molar-refractivity contribution in [2.24, 2.45) is 0 Å². The van der Waals surface area contributed by atoms with Gasteiger partial charge in [-0.2, -0.15) is 8.42 Å². The van der Waals surface area contributed by atoms with E-state index in [2.05, 4.69) is 4.18 Å². The molecule has 0 radical (unpaired) electrons. The summed E-state index contributed by atoms with van der Waals surface area (Å²) in [4.78, 5) is 20.6. The van der Waals surface area contributed by atoms with Crippen LogP contribution in [0, 0.1) is 0 Å². The van der Waals surface area contributed by atoms with Crippen molar-refractivity contribution >= 4 is 22.1 Å². The highest BCUT2D eigenvalue weighted by Gasteiger charge is 2.27. The lowest BCUT2D eigenvalue weighted by atomic mass is 10.3. The average Bonchev–Trinajstić information content (AvgIpc) is 2.00. The number of hydrogen-bond donors (Lipinski definition) is 3. The molecule has 0 spiro atoms. The van der Waals surface area contributed by atoms with Gasteiger partial charge in [-0.25, -0.2) is 4.79 Å². The molecule has 0 bridgehead atoms. The van der Waals surface area contributed by atoms with E-state index in [4.69, 9.17) is 15.3 Å². The Morgan fingerprint density at radius 2 is 1.80 bits per heavy atom. The number of carboxylic acids is 2. The van der Waals surface area contributed by atoms with Crippen molar-refractivity contribution < 1.29 is 37.5 Å². The largest absolute Gasteiger partial charge is 0.481 e. The minimum Gasteiger partial charge on any atom is -0.481 e. The number of rotatable bonds is 7. The van der Waals surface area contributed by atoms with Crippen molar-refractivity contribution in [1.29, 1.82) is 0 Å². The van der Waals surface area contributed by atoms with Gasteiger partial charge in [0.25, 0.3) is 10.1 Å². The number of aliphatic hydroxyl groups excluding tert-OH is 1. The molecule has 0 amide bonds. The third-order valence-corrected chi connectivity index (χ3v) is 2.45. The smallest absolute Gasteiger partial charge is 0.334 e. The quantitative estimate of drug-likeness (QED) is 0.447. The van der Waals surface area contributed by atoms with E-state index in [1.54, 1.807) is 0 Å². The Hall–Kier alpha value is -1.19. The second-order valence-corrected chi connectivity index (χ2v) is 4.22. The van der Waals surface area contributed by atoms with Crippen LogP contribution in [0.5, 0.6) is 0 Å². The molecule has 0 aromatic carbocycles. The first-order valence-electron chi connectivity index (χ1n) is 3.75. The van der Waals surface area contributed by atoms with Gasteiger partial charge in [0, 0.05) is 0 Å². The van der Waals surface area contributed by atoms with Gasteiger partial charge in [-0.15, -0.1) is 0 Å². The molecule has 0 aliphatic carbocycles. The first-order chi connectivity index (χ1) is 6.78. The SMILES string of the molecule is O=C(O)CC(OS(=O)(=O)CCO)C(=O)O. The summed E-state index contributed by atoms with van der Waals surface area (Å²) in [6, 6.07) is 0. The molecule has 1 atom stereocenters. The number of aliphatic carboxylic acids is 2. The van der Waals surface area contributed by atoms with E-state index < -0.39 is 46.9 Å². The lowest BCUT2D eigenvalue weighted by Gasteiger charge is -2.10. The van der Waals surface area contributed by atoms with Gasteiger partial charge in [-0.1, -0.05) is 0 Å². The van der Waals surface area contributed by atoms with Gasteiger partial charge in [-0.3, -0.25) is 8.98 Å². The molecule has 0 saturated heterocycles. The second kappa shape index (κ2) is 5.63. The Labute approximate surface area is 85.2 Å². The predicted molar refractivity (Wildman–Crippen MR) is 45.6 cm³/mol. The Bertz CT molecular complexity index is 331. The first-order valence-corrected chi connectivity index (χ1v) is 5.32. The summed E-state index contributed by atoms with van der Waals surface area (Å²) in [7, 11) is -4.22. The lowest BCUT2D eigenvalue weighted by molar-refractivity contribution is -0.151. The molecule has 0 fully saturated rings. The van der Waals surface area contributed by atoms with Crippen LogP contribution in [-0.4, -0.2) is 54.1 Å². The van der Waals surface area contributed by atoms with E-state index in [0.29, 0.717) is 0 Å². The molecule has 0 rings (SSSR count). The number of hydrogen-bond acceptors (Lipinski definition) is 6. The van der Waals surface area contributed by atoms with E-state index in [9.17, 15) is 18.0 Å². The summed E-state index contributed by atoms with van der Waals surface area (Å²) >= 11 is 0. The number of aliphatic hydroxyl groups is 1. The predicted octanol–water partition coefficient (Wildman–Crippen LogP) is -1.75. The number of carbonyl (C=O) groups is 2. The fraction of sp³-hybridized carbons (Fsp3) is 0.667. The van der Waals surface area contributed by atoms with Crippen LogP contribution >= 0.6 is 0 Å². The van der Waals surface area contributed by atoms with Crippen LogP contribution < -0.4 is 0 Å². The number of carboxylic acid groups (broad SMARTS) is 2. The molecule has 8 nitrogen and oxygen atoms in total. The van der Waals surface area contributed by atoms with E-state index in [1.165, 1.54) is 0 Å². The zero-order chi connectivity index (χ0) is 12.1. The van der Waals surface area contributed by atoms with Crippen LogP contribution in [-0.2, 0) is 23.9 Å². The average molecular weight is 242 g/mol. The van der Waals surface area contributed by atoms with Gasteiger partial charge in [-0.05, 0) is 0 Å². The third-order valence-electron chi connectivity index (χ3n) is 1.24. The molecular formula is C6H10O8S. The molecule has 0 aliphatic rings. The normalized spacial score (nSPS) is 13.4. The molecule has 88 valence electrons. The van der Waals surface area contributed by atoms with Gasteiger partial charge >= 0.3 is 11.9 Å². The summed E-state index contributed by atoms with van der Waals surface area (Å²) in [5.74, 6) is -3.98. The molecular weight excluding hydrogens is 232 g/mol. The highest BCUT2D eigenvalue weighted by molar-refractivity contribution is 7.86. The molecule has 1 unspecified atom stereocenters. The van der Waals surface area contributed by atoms with E-state index in [-0.39, 0.29) is 0 Å². The van der Waals surface area contributed by atoms with Crippen LogP contribution in [0.3, 0.4) is 0 Å². The van der Waals surface area contributed by atoms with Crippen LogP contribution in [0.25, 0.3) is 0 Å². The van der Waals surface area contributed by atoms with Gasteiger partial charge in [0.1, 0.15) is 0 Å². The summed E-state index contributed by atoms with van der Waals surface area (Å²) in [6.45, 7) is -0.734. The highest BCUT2D eigenvalue weighted by Crippen LogP contribution is 2.05. The molecule has 0 aliphatic heterocycles. The Kier molecular flexibility index (Phi) is 5.19. The minimum absolute atomic E-state index is 0.734. The first kappa shape index (κ1) is 13.8. The summed E-state index contributed by atoms with van der Waals surface area (Å²) in [6.07, 6.45) is -2.95. The van der Waals surface area contributed by atoms with Crippen molar-refractivity contribution in [1.82, 2.24) is 0 Å². The van der Waals surface area contributed by atoms with Crippen LogP contribution in [0.1, 0.15) is 6.42 Å². The molecule has 0 aromatic heterocycles. The minimum atomic E-state index is -4.22. The van der Waals surface area contributed by atoms with Crippen molar-refractivity contribution in [3.8, 4) is 0 Å². The maximum Gasteiger partial charge on any atom is 0.334 e. The van der Waals surface area contributed by atoms with Crippen molar-refractivity contribution in [3.63, 3.8) is 0 Å². The Morgan fingerprint density at radius 1 is 1.27 bits per heavy atom. The van der Waals surface area contributed by atoms with E-state index in [1.807, 2.05) is 0 Å². The zero-order valence-corrected chi connectivity index (χ0v) is 8.31. The van der Waals surface area contributed by atoms with Crippen molar-refractivity contribution in [2.75, 3.05) is 12.4 Å². The van der Waals surface area contributed by atoms with Gasteiger partial charge < -0.3 is 15.3 Å². The van der Waals surface area contributed by atoms with Crippen LogP contribution in [0.15, 0.2) is 0 Å². The van der Waals surface area contributed by atoms with Crippen molar-refractivity contribution in [3.05, 3.63) is 0 Å². The van der Waals surface area contributed by atoms with E-state index in [0.717, 1.165) is 0 Å². The highest BCUT2D eigenvalue weighted by atomic mass is 32.2. The lowest BCUT2D eigenvalue weighted by Crippen LogP contribution is -2.31. The molecule has 15 heavy (non-hydrogen) atoms. The maximum atomic E-state index is 10.9. The fourth-order valence-electron chi connectivity index (χ4n) is 0.658. The Balaban J connectivity index is 4.55. The molecule has 0 aromatic rings.